The maximum absolute atomic E-state index is 13.5. The number of fused-ring (bicyclic) bond motifs is 5. The van der Waals surface area contributed by atoms with E-state index in [9.17, 15) is 4.39 Å². The normalized spacial score (nSPS) is 16.8. The summed E-state index contributed by atoms with van der Waals surface area (Å²) in [5.41, 5.74) is 4.02. The van der Waals surface area contributed by atoms with Crippen LogP contribution < -0.4 is 0 Å². The Morgan fingerprint density at radius 1 is 0.846 bits per heavy atom. The SMILES string of the molecule is Fc1ccc(C2CCc3c(ccc4c3ccc3ccccc34)C2)cc1Cl. The second-order valence-corrected chi connectivity index (χ2v) is 7.61. The molecule has 128 valence electrons. The highest BCUT2D eigenvalue weighted by Crippen LogP contribution is 2.38. The molecular formula is C24H18ClF. The first kappa shape index (κ1) is 15.8. The second kappa shape index (κ2) is 6.10. The molecular weight excluding hydrogens is 343 g/mol. The minimum atomic E-state index is -0.343. The average Bonchev–Trinajstić information content (AvgIpc) is 2.69. The van der Waals surface area contributed by atoms with E-state index < -0.39 is 0 Å². The molecule has 5 rings (SSSR count). The molecule has 1 unspecified atom stereocenters. The summed E-state index contributed by atoms with van der Waals surface area (Å²) < 4.78 is 13.5. The zero-order valence-corrected chi connectivity index (χ0v) is 15.1. The van der Waals surface area contributed by atoms with Gasteiger partial charge < -0.3 is 0 Å². The molecule has 1 atom stereocenters. The van der Waals surface area contributed by atoms with Crippen LogP contribution in [0.25, 0.3) is 21.5 Å². The summed E-state index contributed by atoms with van der Waals surface area (Å²) in [4.78, 5) is 0. The van der Waals surface area contributed by atoms with Gasteiger partial charge in [0.2, 0.25) is 0 Å². The van der Waals surface area contributed by atoms with Crippen LogP contribution in [0.15, 0.2) is 66.7 Å². The monoisotopic (exact) mass is 360 g/mol. The van der Waals surface area contributed by atoms with Crippen LogP contribution in [0.5, 0.6) is 0 Å². The lowest BCUT2D eigenvalue weighted by molar-refractivity contribution is 0.583. The third-order valence-electron chi connectivity index (χ3n) is 5.76. The Morgan fingerprint density at radius 3 is 2.58 bits per heavy atom. The van der Waals surface area contributed by atoms with Gasteiger partial charge in [-0.1, -0.05) is 66.2 Å². The van der Waals surface area contributed by atoms with Crippen molar-refractivity contribution >= 4 is 33.1 Å². The molecule has 26 heavy (non-hydrogen) atoms. The summed E-state index contributed by atoms with van der Waals surface area (Å²) in [6.07, 6.45) is 3.10. The summed E-state index contributed by atoms with van der Waals surface area (Å²) in [6.45, 7) is 0. The number of aryl methyl sites for hydroxylation is 1. The summed E-state index contributed by atoms with van der Waals surface area (Å²) in [5, 5.41) is 5.54. The van der Waals surface area contributed by atoms with E-state index in [0.717, 1.165) is 24.8 Å². The zero-order valence-electron chi connectivity index (χ0n) is 14.3. The van der Waals surface area contributed by atoms with Gasteiger partial charge in [-0.25, -0.2) is 4.39 Å². The Hall–Kier alpha value is -2.38. The van der Waals surface area contributed by atoms with Gasteiger partial charge in [0.1, 0.15) is 5.82 Å². The molecule has 2 heteroatoms. The van der Waals surface area contributed by atoms with Crippen LogP contribution in [0.4, 0.5) is 4.39 Å². The lowest BCUT2D eigenvalue weighted by Crippen LogP contribution is -2.13. The van der Waals surface area contributed by atoms with Gasteiger partial charge >= 0.3 is 0 Å². The van der Waals surface area contributed by atoms with Crippen molar-refractivity contribution < 1.29 is 4.39 Å². The molecule has 1 aliphatic rings. The molecule has 1 aliphatic carbocycles. The molecule has 0 aromatic heterocycles. The molecule has 0 radical (unpaired) electrons. The predicted molar refractivity (Wildman–Crippen MR) is 108 cm³/mol. The van der Waals surface area contributed by atoms with E-state index >= 15 is 0 Å². The Bertz CT molecular complexity index is 1150. The molecule has 0 fully saturated rings. The molecule has 0 nitrogen and oxygen atoms in total. The van der Waals surface area contributed by atoms with Crippen molar-refractivity contribution in [2.45, 2.75) is 25.2 Å². The van der Waals surface area contributed by atoms with Crippen molar-refractivity contribution in [3.05, 3.63) is 94.3 Å². The van der Waals surface area contributed by atoms with Crippen molar-refractivity contribution in [3.63, 3.8) is 0 Å². The van der Waals surface area contributed by atoms with Crippen molar-refractivity contribution in [3.8, 4) is 0 Å². The van der Waals surface area contributed by atoms with Gasteiger partial charge in [0.25, 0.3) is 0 Å². The van der Waals surface area contributed by atoms with Crippen LogP contribution in [0.3, 0.4) is 0 Å². The number of benzene rings is 4. The standard InChI is InChI=1S/C24H18ClF/c25-23-14-17(8-12-24(23)26)16-6-9-20-18(13-16)7-11-21-19-4-2-1-3-15(19)5-10-22(20)21/h1-5,7-8,10-12,14,16H,6,9,13H2. The fourth-order valence-electron chi connectivity index (χ4n) is 4.42. The maximum Gasteiger partial charge on any atom is 0.141 e. The van der Waals surface area contributed by atoms with E-state index in [1.807, 2.05) is 6.07 Å². The van der Waals surface area contributed by atoms with Gasteiger partial charge in [0.05, 0.1) is 5.02 Å². The number of rotatable bonds is 1. The van der Waals surface area contributed by atoms with E-state index in [4.69, 9.17) is 11.6 Å². The van der Waals surface area contributed by atoms with Gasteiger partial charge in [-0.3, -0.25) is 0 Å². The molecule has 0 N–H and O–H groups in total. The third kappa shape index (κ3) is 2.50. The summed E-state index contributed by atoms with van der Waals surface area (Å²) in [6, 6.07) is 22.8. The first-order valence-electron chi connectivity index (χ1n) is 9.08. The van der Waals surface area contributed by atoms with Gasteiger partial charge in [-0.05, 0) is 75.5 Å². The van der Waals surface area contributed by atoms with Crippen molar-refractivity contribution in [2.75, 3.05) is 0 Å². The van der Waals surface area contributed by atoms with Crippen LogP contribution in [-0.4, -0.2) is 0 Å². The highest BCUT2D eigenvalue weighted by molar-refractivity contribution is 6.30. The molecule has 4 aromatic rings. The van der Waals surface area contributed by atoms with Crippen LogP contribution >= 0.6 is 11.6 Å². The molecule has 0 amide bonds. The fraction of sp³-hybridized carbons (Fsp3) is 0.167. The van der Waals surface area contributed by atoms with E-state index in [1.165, 1.54) is 38.7 Å². The molecule has 0 spiro atoms. The first-order chi connectivity index (χ1) is 12.7. The van der Waals surface area contributed by atoms with Crippen LogP contribution in [-0.2, 0) is 12.8 Å². The highest BCUT2D eigenvalue weighted by Gasteiger charge is 2.22. The molecule has 0 bridgehead atoms. The maximum atomic E-state index is 13.5. The molecule has 0 saturated heterocycles. The van der Waals surface area contributed by atoms with Crippen molar-refractivity contribution in [1.82, 2.24) is 0 Å². The molecule has 0 heterocycles. The van der Waals surface area contributed by atoms with Gasteiger partial charge in [-0.15, -0.1) is 0 Å². The van der Waals surface area contributed by atoms with E-state index in [0.29, 0.717) is 5.92 Å². The largest absolute Gasteiger partial charge is 0.205 e. The zero-order chi connectivity index (χ0) is 17.7. The van der Waals surface area contributed by atoms with Crippen molar-refractivity contribution in [1.29, 1.82) is 0 Å². The van der Waals surface area contributed by atoms with Crippen molar-refractivity contribution in [2.24, 2.45) is 0 Å². The number of halogens is 2. The average molecular weight is 361 g/mol. The van der Waals surface area contributed by atoms with Gasteiger partial charge in [0.15, 0.2) is 0 Å². The van der Waals surface area contributed by atoms with E-state index in [-0.39, 0.29) is 10.8 Å². The lowest BCUT2D eigenvalue weighted by atomic mass is 9.78. The number of hydrogen-bond donors (Lipinski definition) is 0. The van der Waals surface area contributed by atoms with Gasteiger partial charge in [-0.2, -0.15) is 0 Å². The number of hydrogen-bond acceptors (Lipinski definition) is 0. The van der Waals surface area contributed by atoms with Crippen LogP contribution in [0.2, 0.25) is 5.02 Å². The van der Waals surface area contributed by atoms with E-state index in [1.54, 1.807) is 6.07 Å². The molecule has 4 aromatic carbocycles. The quantitative estimate of drug-likeness (QED) is 0.319. The summed E-state index contributed by atoms with van der Waals surface area (Å²) in [7, 11) is 0. The van der Waals surface area contributed by atoms with Crippen LogP contribution in [0, 0.1) is 5.82 Å². The van der Waals surface area contributed by atoms with E-state index in [2.05, 4.69) is 48.5 Å². The Morgan fingerprint density at radius 2 is 1.69 bits per heavy atom. The summed E-state index contributed by atoms with van der Waals surface area (Å²) >= 11 is 5.99. The second-order valence-electron chi connectivity index (χ2n) is 7.20. The minimum Gasteiger partial charge on any atom is -0.205 e. The van der Waals surface area contributed by atoms with Gasteiger partial charge in [0, 0.05) is 0 Å². The Kier molecular flexibility index (Phi) is 3.72. The lowest BCUT2D eigenvalue weighted by Gasteiger charge is -2.26. The molecule has 0 aliphatic heterocycles. The smallest absolute Gasteiger partial charge is 0.141 e. The fourth-order valence-corrected chi connectivity index (χ4v) is 4.61. The Balaban J connectivity index is 1.59. The topological polar surface area (TPSA) is 0 Å². The summed E-state index contributed by atoms with van der Waals surface area (Å²) in [5.74, 6) is 0.0583. The first-order valence-corrected chi connectivity index (χ1v) is 9.45. The minimum absolute atomic E-state index is 0.221. The predicted octanol–water partition coefficient (Wildman–Crippen LogP) is 7.06. The highest BCUT2D eigenvalue weighted by atomic mass is 35.5. The van der Waals surface area contributed by atoms with Crippen LogP contribution in [0.1, 0.15) is 29.0 Å². The Labute approximate surface area is 157 Å². The molecule has 0 saturated carbocycles. The third-order valence-corrected chi connectivity index (χ3v) is 6.05.